The first kappa shape index (κ1) is 22.5. The molecule has 172 valence electrons. The van der Waals surface area contributed by atoms with Gasteiger partial charge >= 0.3 is 12.0 Å². The Morgan fingerprint density at radius 3 is 2.65 bits per heavy atom. The molecule has 2 N–H and O–H groups in total. The number of hydrogen-bond donors (Lipinski definition) is 2. The first-order chi connectivity index (χ1) is 16.4. The summed E-state index contributed by atoms with van der Waals surface area (Å²) < 4.78 is 12.0. The Bertz CT molecular complexity index is 1430. The number of fused-ring (bicyclic) bond motifs is 1. The molecule has 9 heteroatoms. The molecule has 4 rings (SSSR count). The number of anilines is 2. The van der Waals surface area contributed by atoms with Crippen molar-refractivity contribution < 1.29 is 19.1 Å². The maximum absolute atomic E-state index is 12.5. The van der Waals surface area contributed by atoms with Gasteiger partial charge in [0.1, 0.15) is 18.0 Å². The highest BCUT2D eigenvalue weighted by Gasteiger charge is 2.13. The van der Waals surface area contributed by atoms with Gasteiger partial charge in [-0.2, -0.15) is 0 Å². The number of nitrogens with zero attached hydrogens (tertiary/aromatic N) is 2. The number of benzene rings is 2. The summed E-state index contributed by atoms with van der Waals surface area (Å²) in [5, 5.41) is 5.34. The predicted molar refractivity (Wildman–Crippen MR) is 127 cm³/mol. The van der Waals surface area contributed by atoms with Crippen molar-refractivity contribution in [2.45, 2.75) is 13.5 Å². The van der Waals surface area contributed by atoms with Crippen molar-refractivity contribution in [2.24, 2.45) is 0 Å². The van der Waals surface area contributed by atoms with Gasteiger partial charge in [-0.25, -0.2) is 14.6 Å². The number of amides is 2. The van der Waals surface area contributed by atoms with Crippen LogP contribution in [0.25, 0.3) is 5.65 Å². The van der Waals surface area contributed by atoms with Crippen LogP contribution in [-0.2, 0) is 11.3 Å². The Balaban J connectivity index is 1.43. The van der Waals surface area contributed by atoms with Gasteiger partial charge in [0.15, 0.2) is 0 Å². The van der Waals surface area contributed by atoms with Crippen molar-refractivity contribution in [3.63, 3.8) is 0 Å². The zero-order chi connectivity index (χ0) is 24.1. The molecule has 0 bridgehead atoms. The van der Waals surface area contributed by atoms with Crippen molar-refractivity contribution in [1.29, 1.82) is 0 Å². The molecule has 0 fully saturated rings. The van der Waals surface area contributed by atoms with Crippen LogP contribution in [0, 0.1) is 6.92 Å². The van der Waals surface area contributed by atoms with Gasteiger partial charge in [-0.1, -0.05) is 18.2 Å². The second-order valence-corrected chi connectivity index (χ2v) is 7.45. The van der Waals surface area contributed by atoms with E-state index in [4.69, 9.17) is 9.47 Å². The molecular weight excluding hydrogens is 436 g/mol. The van der Waals surface area contributed by atoms with E-state index >= 15 is 0 Å². The molecule has 0 saturated carbocycles. The Morgan fingerprint density at radius 1 is 1.00 bits per heavy atom. The van der Waals surface area contributed by atoms with E-state index in [0.717, 1.165) is 5.56 Å². The number of urea groups is 1. The third-order valence-electron chi connectivity index (χ3n) is 4.93. The second-order valence-electron chi connectivity index (χ2n) is 7.45. The van der Waals surface area contributed by atoms with Gasteiger partial charge in [0.2, 0.25) is 0 Å². The summed E-state index contributed by atoms with van der Waals surface area (Å²) in [6.45, 7) is 2.01. The van der Waals surface area contributed by atoms with Crippen LogP contribution in [0.3, 0.4) is 0 Å². The molecular formula is C25H22N4O5. The van der Waals surface area contributed by atoms with Gasteiger partial charge in [-0.15, -0.1) is 0 Å². The minimum Gasteiger partial charge on any atom is -0.487 e. The SMILES string of the molecule is COC(=O)c1ccccc1NC(=O)Nc1cccc(OCc2cc(=O)n3ccc(C)cc3n2)c1. The maximum Gasteiger partial charge on any atom is 0.339 e. The summed E-state index contributed by atoms with van der Waals surface area (Å²) in [5.41, 5.74) is 2.89. The van der Waals surface area contributed by atoms with Crippen LogP contribution >= 0.6 is 0 Å². The molecule has 2 heterocycles. The van der Waals surface area contributed by atoms with E-state index in [2.05, 4.69) is 15.6 Å². The largest absolute Gasteiger partial charge is 0.487 e. The normalized spacial score (nSPS) is 10.5. The van der Waals surface area contributed by atoms with E-state index in [1.165, 1.54) is 17.6 Å². The van der Waals surface area contributed by atoms with Crippen molar-refractivity contribution in [3.8, 4) is 5.75 Å². The molecule has 2 amide bonds. The van der Waals surface area contributed by atoms with Crippen molar-refractivity contribution >= 4 is 29.0 Å². The minimum atomic E-state index is -0.552. The van der Waals surface area contributed by atoms with Crippen LogP contribution < -0.4 is 20.9 Å². The number of pyridine rings is 1. The number of ether oxygens (including phenoxy) is 2. The lowest BCUT2D eigenvalue weighted by Crippen LogP contribution is -2.21. The van der Waals surface area contributed by atoms with Crippen LogP contribution in [0.4, 0.5) is 16.2 Å². The number of carbonyl (C=O) groups excluding carboxylic acids is 2. The average molecular weight is 458 g/mol. The highest BCUT2D eigenvalue weighted by Crippen LogP contribution is 2.20. The highest BCUT2D eigenvalue weighted by molar-refractivity contribution is 6.05. The third kappa shape index (κ3) is 5.21. The summed E-state index contributed by atoms with van der Waals surface area (Å²) in [7, 11) is 1.27. The van der Waals surface area contributed by atoms with Gasteiger partial charge in [0.25, 0.3) is 5.56 Å². The molecule has 34 heavy (non-hydrogen) atoms. The Labute approximate surface area is 195 Å². The first-order valence-corrected chi connectivity index (χ1v) is 10.4. The van der Waals surface area contributed by atoms with Gasteiger partial charge in [-0.05, 0) is 48.9 Å². The Hall–Kier alpha value is -4.66. The van der Waals surface area contributed by atoms with Crippen LogP contribution in [0.15, 0.2) is 77.7 Å². The predicted octanol–water partition coefficient (Wildman–Crippen LogP) is 4.01. The fourth-order valence-corrected chi connectivity index (χ4v) is 3.31. The number of nitrogens with one attached hydrogen (secondary N) is 2. The molecule has 0 unspecified atom stereocenters. The summed E-state index contributed by atoms with van der Waals surface area (Å²) >= 11 is 0. The van der Waals surface area contributed by atoms with Gasteiger partial charge < -0.3 is 20.1 Å². The van der Waals surface area contributed by atoms with E-state index in [0.29, 0.717) is 28.5 Å². The highest BCUT2D eigenvalue weighted by atomic mass is 16.5. The first-order valence-electron chi connectivity index (χ1n) is 10.4. The van der Waals surface area contributed by atoms with Crippen LogP contribution in [-0.4, -0.2) is 28.5 Å². The topological polar surface area (TPSA) is 111 Å². The summed E-state index contributed by atoms with van der Waals surface area (Å²) in [4.78, 5) is 41.1. The summed E-state index contributed by atoms with van der Waals surface area (Å²) in [5.74, 6) is -0.0672. The molecule has 0 spiro atoms. The molecule has 0 atom stereocenters. The third-order valence-corrected chi connectivity index (χ3v) is 4.93. The Kier molecular flexibility index (Phi) is 6.54. The van der Waals surface area contributed by atoms with E-state index in [-0.39, 0.29) is 17.7 Å². The maximum atomic E-state index is 12.5. The Morgan fingerprint density at radius 2 is 1.82 bits per heavy atom. The van der Waals surface area contributed by atoms with E-state index in [9.17, 15) is 14.4 Å². The van der Waals surface area contributed by atoms with E-state index < -0.39 is 12.0 Å². The fraction of sp³-hybridized carbons (Fsp3) is 0.120. The van der Waals surface area contributed by atoms with Crippen LogP contribution in [0.2, 0.25) is 0 Å². The zero-order valence-corrected chi connectivity index (χ0v) is 18.6. The van der Waals surface area contributed by atoms with E-state index in [1.807, 2.05) is 19.1 Å². The second kappa shape index (κ2) is 9.86. The number of hydrogen-bond acceptors (Lipinski definition) is 6. The quantitative estimate of drug-likeness (QED) is 0.422. The number of carbonyl (C=O) groups is 2. The minimum absolute atomic E-state index is 0.0852. The number of aryl methyl sites for hydroxylation is 1. The van der Waals surface area contributed by atoms with Gasteiger partial charge in [0.05, 0.1) is 24.1 Å². The smallest absolute Gasteiger partial charge is 0.339 e. The molecule has 9 nitrogen and oxygen atoms in total. The van der Waals surface area contributed by atoms with Crippen molar-refractivity contribution in [2.75, 3.05) is 17.7 Å². The van der Waals surface area contributed by atoms with E-state index in [1.54, 1.807) is 54.7 Å². The molecule has 4 aromatic rings. The monoisotopic (exact) mass is 458 g/mol. The number of aromatic nitrogens is 2. The average Bonchev–Trinajstić information content (AvgIpc) is 2.82. The van der Waals surface area contributed by atoms with Crippen LogP contribution in [0.5, 0.6) is 5.75 Å². The van der Waals surface area contributed by atoms with Crippen LogP contribution in [0.1, 0.15) is 21.6 Å². The summed E-state index contributed by atoms with van der Waals surface area (Å²) in [6.07, 6.45) is 1.69. The molecule has 0 aliphatic rings. The lowest BCUT2D eigenvalue weighted by Gasteiger charge is -2.12. The van der Waals surface area contributed by atoms with Gasteiger partial charge in [-0.3, -0.25) is 9.20 Å². The molecule has 0 aliphatic heterocycles. The van der Waals surface area contributed by atoms with Crippen molar-refractivity contribution in [1.82, 2.24) is 9.38 Å². The molecule has 2 aromatic carbocycles. The molecule has 2 aromatic heterocycles. The molecule has 0 saturated heterocycles. The lowest BCUT2D eigenvalue weighted by atomic mass is 10.2. The van der Waals surface area contributed by atoms with Crippen molar-refractivity contribution in [3.05, 3.63) is 100 Å². The fourth-order valence-electron chi connectivity index (χ4n) is 3.31. The standard InChI is InChI=1S/C25H22N4O5/c1-16-10-11-29-22(12-16)26-18(14-23(29)30)15-34-19-7-5-6-17(13-19)27-25(32)28-21-9-4-3-8-20(21)24(31)33-2/h3-14H,15H2,1-2H3,(H2,27,28,32). The summed E-state index contributed by atoms with van der Waals surface area (Å²) in [6, 6.07) is 17.9. The van der Waals surface area contributed by atoms with Gasteiger partial charge in [0, 0.05) is 24.0 Å². The lowest BCUT2D eigenvalue weighted by molar-refractivity contribution is 0.0602. The number of rotatable bonds is 6. The molecule has 0 radical (unpaired) electrons. The molecule has 0 aliphatic carbocycles. The zero-order valence-electron chi connectivity index (χ0n) is 18.6. The number of para-hydroxylation sites is 1. The number of esters is 1. The number of methoxy groups -OCH3 is 1.